The van der Waals surface area contributed by atoms with Gasteiger partial charge in [0.25, 0.3) is 0 Å². The number of para-hydroxylation sites is 1. The van der Waals surface area contributed by atoms with E-state index in [1.807, 2.05) is 60.8 Å². The van der Waals surface area contributed by atoms with Crippen molar-refractivity contribution in [3.05, 3.63) is 62.9 Å². The Bertz CT molecular complexity index is 1260. The van der Waals surface area contributed by atoms with Crippen molar-refractivity contribution in [1.82, 2.24) is 4.57 Å². The molecule has 1 amide bonds. The zero-order valence-electron chi connectivity index (χ0n) is 18.3. The van der Waals surface area contributed by atoms with Crippen molar-refractivity contribution in [2.45, 2.75) is 32.2 Å². The first-order chi connectivity index (χ1) is 16.0. The van der Waals surface area contributed by atoms with Gasteiger partial charge in [-0.3, -0.25) is 14.4 Å². The van der Waals surface area contributed by atoms with Crippen LogP contribution in [0.15, 0.2) is 53.5 Å². The van der Waals surface area contributed by atoms with Crippen LogP contribution in [-0.4, -0.2) is 28.9 Å². The number of aliphatic imine (C=N–C) groups is 1. The van der Waals surface area contributed by atoms with Crippen molar-refractivity contribution in [1.29, 1.82) is 0 Å². The Balaban J connectivity index is 1.27. The fraction of sp³-hybridized carbons (Fsp3) is 0.240. The van der Waals surface area contributed by atoms with Gasteiger partial charge in [0.2, 0.25) is 11.8 Å². The van der Waals surface area contributed by atoms with Crippen LogP contribution in [0.5, 0.6) is 11.6 Å². The molecule has 0 bridgehead atoms. The maximum atomic E-state index is 12.1. The molecule has 2 N–H and O–H groups in total. The molecular weight excluding hydrogens is 454 g/mol. The Morgan fingerprint density at radius 2 is 1.97 bits per heavy atom. The second-order valence-corrected chi connectivity index (χ2v) is 9.35. The highest BCUT2D eigenvalue weighted by atomic mass is 32.1. The third kappa shape index (κ3) is 5.58. The van der Waals surface area contributed by atoms with Gasteiger partial charge in [0, 0.05) is 36.0 Å². The zero-order valence-corrected chi connectivity index (χ0v) is 19.9. The van der Waals surface area contributed by atoms with Crippen LogP contribution in [0, 0.1) is 3.95 Å². The number of aromatic nitrogens is 1. The average molecular weight is 480 g/mol. The van der Waals surface area contributed by atoms with Crippen LogP contribution < -0.4 is 10.1 Å². The molecule has 33 heavy (non-hydrogen) atoms. The quantitative estimate of drug-likeness (QED) is 0.273. The molecule has 1 aromatic heterocycles. The number of nitrogens with one attached hydrogen (secondary N) is 1. The molecule has 0 spiro atoms. The molecule has 3 aromatic rings. The van der Waals surface area contributed by atoms with Gasteiger partial charge in [0.05, 0.1) is 17.7 Å². The molecule has 8 heteroatoms. The number of hydrogen-bond donors (Lipinski definition) is 2. The Labute approximate surface area is 201 Å². The van der Waals surface area contributed by atoms with E-state index < -0.39 is 0 Å². The van der Waals surface area contributed by atoms with Gasteiger partial charge in [-0.1, -0.05) is 24.6 Å². The Morgan fingerprint density at radius 1 is 1.18 bits per heavy atom. The highest BCUT2D eigenvalue weighted by Crippen LogP contribution is 2.35. The molecular formula is C25H25N3O3S2. The summed E-state index contributed by atoms with van der Waals surface area (Å²) in [6, 6.07) is 15.2. The van der Waals surface area contributed by atoms with Gasteiger partial charge < -0.3 is 15.2 Å². The van der Waals surface area contributed by atoms with Gasteiger partial charge in [0.1, 0.15) is 5.75 Å². The van der Waals surface area contributed by atoms with Crippen LogP contribution in [0.3, 0.4) is 0 Å². The summed E-state index contributed by atoms with van der Waals surface area (Å²) in [6.07, 6.45) is 6.66. The molecule has 0 fully saturated rings. The normalized spacial score (nSPS) is 13.3. The van der Waals surface area contributed by atoms with Crippen LogP contribution in [0.25, 0.3) is 11.6 Å². The number of carbonyl (C=O) groups is 1. The predicted molar refractivity (Wildman–Crippen MR) is 137 cm³/mol. The Hall–Kier alpha value is -3.23. The maximum Gasteiger partial charge on any atom is 0.224 e. The van der Waals surface area contributed by atoms with Crippen LogP contribution in [0.2, 0.25) is 0 Å². The molecule has 0 saturated carbocycles. The first-order valence-corrected chi connectivity index (χ1v) is 12.0. The van der Waals surface area contributed by atoms with E-state index in [1.165, 1.54) is 11.3 Å². The molecule has 0 aliphatic carbocycles. The molecule has 0 atom stereocenters. The van der Waals surface area contributed by atoms with Crippen LogP contribution >= 0.6 is 23.6 Å². The van der Waals surface area contributed by atoms with Crippen LogP contribution in [0.4, 0.5) is 11.4 Å². The van der Waals surface area contributed by atoms with Gasteiger partial charge in [0.15, 0.2) is 3.95 Å². The number of fused-ring (bicyclic) bond motifs is 1. The number of carbonyl (C=O) groups excluding carboxylic acids is 1. The van der Waals surface area contributed by atoms with Crippen molar-refractivity contribution >= 4 is 58.7 Å². The minimum Gasteiger partial charge on any atom is -0.497 e. The van der Waals surface area contributed by atoms with E-state index >= 15 is 0 Å². The van der Waals surface area contributed by atoms with E-state index in [0.717, 1.165) is 52.4 Å². The molecule has 2 heterocycles. The predicted octanol–water partition coefficient (Wildman–Crippen LogP) is 6.45. The summed E-state index contributed by atoms with van der Waals surface area (Å²) in [7, 11) is 1.61. The number of allylic oxidation sites excluding steroid dienone is 1. The molecule has 1 aliphatic heterocycles. The number of rotatable bonds is 9. The van der Waals surface area contributed by atoms with Gasteiger partial charge in [-0.15, -0.1) is 11.3 Å². The first kappa shape index (κ1) is 22.9. The van der Waals surface area contributed by atoms with Crippen molar-refractivity contribution in [2.75, 3.05) is 12.4 Å². The maximum absolute atomic E-state index is 12.1. The fourth-order valence-corrected chi connectivity index (χ4v) is 4.94. The number of anilines is 1. The summed E-state index contributed by atoms with van der Waals surface area (Å²) in [5, 5.41) is 13.6. The lowest BCUT2D eigenvalue weighted by Crippen LogP contribution is -2.11. The van der Waals surface area contributed by atoms with E-state index in [4.69, 9.17) is 17.0 Å². The fourth-order valence-electron chi connectivity index (χ4n) is 3.63. The largest absolute Gasteiger partial charge is 0.497 e. The van der Waals surface area contributed by atoms with Crippen molar-refractivity contribution in [3.63, 3.8) is 0 Å². The Kier molecular flexibility index (Phi) is 7.36. The first-order valence-electron chi connectivity index (χ1n) is 10.8. The topological polar surface area (TPSA) is 75.8 Å². The number of hydrogen-bond acceptors (Lipinski definition) is 6. The minimum absolute atomic E-state index is 0.0115. The number of aromatic hydroxyl groups is 1. The van der Waals surface area contributed by atoms with Gasteiger partial charge in [-0.25, -0.2) is 0 Å². The third-order valence-corrected chi connectivity index (χ3v) is 6.78. The average Bonchev–Trinajstić information content (AvgIpc) is 3.35. The molecule has 0 saturated heterocycles. The molecule has 170 valence electrons. The number of nitrogens with zero attached hydrogens (tertiary/aromatic N) is 2. The van der Waals surface area contributed by atoms with Crippen molar-refractivity contribution in [3.8, 4) is 11.6 Å². The standard InChI is InChI=1S/C25H25N3O3S2/c1-31-19-12-10-18(11-13-19)27-23(29)9-3-2-6-14-28-24(30)22(33-25(28)32)15-17-16-26-21-8-5-4-7-20(17)21/h4-5,7-8,10-13,15-16,30H,2-3,6,9,14H2,1H3,(H,27,29)/b17-15+. The summed E-state index contributed by atoms with van der Waals surface area (Å²) >= 11 is 6.87. The summed E-state index contributed by atoms with van der Waals surface area (Å²) in [6.45, 7) is 0.620. The number of ether oxygens (including phenoxy) is 1. The second-order valence-electron chi connectivity index (χ2n) is 7.67. The molecule has 4 rings (SSSR count). The minimum atomic E-state index is -0.0115. The zero-order chi connectivity index (χ0) is 23.2. The number of amides is 1. The molecule has 0 radical (unpaired) electrons. The number of thiazole rings is 1. The smallest absolute Gasteiger partial charge is 0.224 e. The van der Waals surface area contributed by atoms with E-state index in [-0.39, 0.29) is 11.8 Å². The second kappa shape index (κ2) is 10.6. The van der Waals surface area contributed by atoms with Gasteiger partial charge >= 0.3 is 0 Å². The lowest BCUT2D eigenvalue weighted by Gasteiger charge is -2.07. The molecule has 2 aromatic carbocycles. The van der Waals surface area contributed by atoms with E-state index in [9.17, 15) is 9.90 Å². The van der Waals surface area contributed by atoms with E-state index in [1.54, 1.807) is 11.7 Å². The summed E-state index contributed by atoms with van der Waals surface area (Å²) in [5.74, 6) is 0.930. The van der Waals surface area contributed by atoms with Crippen molar-refractivity contribution < 1.29 is 14.6 Å². The Morgan fingerprint density at radius 3 is 2.76 bits per heavy atom. The summed E-state index contributed by atoms with van der Waals surface area (Å²) in [4.78, 5) is 17.3. The van der Waals surface area contributed by atoms with Gasteiger partial charge in [-0.2, -0.15) is 0 Å². The number of unbranched alkanes of at least 4 members (excludes halogenated alkanes) is 2. The van der Waals surface area contributed by atoms with Crippen LogP contribution in [-0.2, 0) is 11.3 Å². The van der Waals surface area contributed by atoms with E-state index in [2.05, 4.69) is 10.3 Å². The van der Waals surface area contributed by atoms with E-state index in [0.29, 0.717) is 16.9 Å². The monoisotopic (exact) mass is 479 g/mol. The molecule has 0 unspecified atom stereocenters. The molecule has 1 aliphatic rings. The number of benzene rings is 2. The van der Waals surface area contributed by atoms with Crippen LogP contribution in [0.1, 0.15) is 36.1 Å². The lowest BCUT2D eigenvalue weighted by molar-refractivity contribution is -0.116. The van der Waals surface area contributed by atoms with Crippen molar-refractivity contribution in [2.24, 2.45) is 4.99 Å². The number of methoxy groups -OCH3 is 1. The summed E-state index contributed by atoms with van der Waals surface area (Å²) in [5.41, 5.74) is 3.71. The third-order valence-electron chi connectivity index (χ3n) is 5.40. The SMILES string of the molecule is COc1ccc(NC(=O)CCCCCn2c(O)c(/C=C3\C=Nc4ccccc43)sc2=S)cc1. The van der Waals surface area contributed by atoms with Gasteiger partial charge in [-0.05, 0) is 61.5 Å². The highest BCUT2D eigenvalue weighted by molar-refractivity contribution is 7.73. The molecule has 6 nitrogen and oxygen atoms in total. The lowest BCUT2D eigenvalue weighted by atomic mass is 10.1. The highest BCUT2D eigenvalue weighted by Gasteiger charge is 2.15. The summed E-state index contributed by atoms with van der Waals surface area (Å²) < 4.78 is 7.52.